The van der Waals surface area contributed by atoms with Crippen molar-refractivity contribution in [2.75, 3.05) is 13.2 Å². The SMILES string of the molecule is N#CCc1ccc(OCCNC(=O)c2cccc3[nH]ccc23)cc1. The lowest BCUT2D eigenvalue weighted by molar-refractivity contribution is 0.0948. The highest BCUT2D eigenvalue weighted by molar-refractivity contribution is 6.06. The number of hydrogen-bond donors (Lipinski definition) is 2. The minimum atomic E-state index is -0.117. The van der Waals surface area contributed by atoms with Gasteiger partial charge in [0.1, 0.15) is 12.4 Å². The lowest BCUT2D eigenvalue weighted by atomic mass is 10.1. The molecular weight excluding hydrogens is 302 g/mol. The Kier molecular flexibility index (Phi) is 4.78. The average Bonchev–Trinajstić information content (AvgIpc) is 3.09. The van der Waals surface area contributed by atoms with Gasteiger partial charge < -0.3 is 15.0 Å². The fourth-order valence-electron chi connectivity index (χ4n) is 2.51. The summed E-state index contributed by atoms with van der Waals surface area (Å²) in [5.74, 6) is 0.604. The highest BCUT2D eigenvalue weighted by Crippen LogP contribution is 2.17. The molecule has 0 fully saturated rings. The summed E-state index contributed by atoms with van der Waals surface area (Å²) in [4.78, 5) is 15.4. The molecule has 2 N–H and O–H groups in total. The van der Waals surface area contributed by atoms with Gasteiger partial charge in [0.05, 0.1) is 19.0 Å². The number of ether oxygens (including phenoxy) is 1. The van der Waals surface area contributed by atoms with Crippen molar-refractivity contribution in [3.8, 4) is 11.8 Å². The molecule has 0 saturated carbocycles. The number of amides is 1. The molecule has 1 heterocycles. The maximum Gasteiger partial charge on any atom is 0.252 e. The number of H-pyrrole nitrogens is 1. The Bertz CT molecular complexity index is 876. The number of nitrogens with one attached hydrogen (secondary N) is 2. The first kappa shape index (κ1) is 15.6. The highest BCUT2D eigenvalue weighted by atomic mass is 16.5. The van der Waals surface area contributed by atoms with Crippen LogP contribution in [0.5, 0.6) is 5.75 Å². The number of hydrogen-bond acceptors (Lipinski definition) is 3. The van der Waals surface area contributed by atoms with Crippen LogP contribution in [-0.4, -0.2) is 24.0 Å². The van der Waals surface area contributed by atoms with Gasteiger partial charge in [-0.15, -0.1) is 0 Å². The molecule has 0 aliphatic carbocycles. The summed E-state index contributed by atoms with van der Waals surface area (Å²) in [6.45, 7) is 0.798. The maximum absolute atomic E-state index is 12.3. The Hall–Kier alpha value is -3.26. The fourth-order valence-corrected chi connectivity index (χ4v) is 2.51. The Balaban J connectivity index is 1.50. The van der Waals surface area contributed by atoms with Crippen LogP contribution in [0.4, 0.5) is 0 Å². The van der Waals surface area contributed by atoms with Crippen molar-refractivity contribution in [3.63, 3.8) is 0 Å². The molecule has 0 bridgehead atoms. The van der Waals surface area contributed by atoms with E-state index < -0.39 is 0 Å². The molecule has 3 aromatic rings. The third-order valence-corrected chi connectivity index (χ3v) is 3.70. The molecule has 2 aromatic carbocycles. The third kappa shape index (κ3) is 3.55. The second kappa shape index (κ2) is 7.34. The summed E-state index contributed by atoms with van der Waals surface area (Å²) in [5, 5.41) is 12.4. The van der Waals surface area contributed by atoms with Gasteiger partial charge >= 0.3 is 0 Å². The number of aromatic amines is 1. The minimum Gasteiger partial charge on any atom is -0.492 e. The van der Waals surface area contributed by atoms with Gasteiger partial charge in [-0.3, -0.25) is 4.79 Å². The van der Waals surface area contributed by atoms with Crippen LogP contribution in [-0.2, 0) is 6.42 Å². The van der Waals surface area contributed by atoms with Gasteiger partial charge in [-0.1, -0.05) is 18.2 Å². The zero-order valence-corrected chi connectivity index (χ0v) is 13.1. The number of fused-ring (bicyclic) bond motifs is 1. The average molecular weight is 319 g/mol. The lowest BCUT2D eigenvalue weighted by Crippen LogP contribution is -2.28. The quantitative estimate of drug-likeness (QED) is 0.686. The standard InChI is InChI=1S/C19H17N3O2/c20-10-8-14-4-6-15(7-5-14)24-13-12-22-19(23)17-2-1-3-18-16(17)9-11-21-18/h1-7,9,11,21H,8,12-13H2,(H,22,23). The van der Waals surface area contributed by atoms with E-state index in [0.29, 0.717) is 25.1 Å². The first-order valence-electron chi connectivity index (χ1n) is 7.71. The van der Waals surface area contributed by atoms with Crippen LogP contribution >= 0.6 is 0 Å². The predicted molar refractivity (Wildman–Crippen MR) is 91.9 cm³/mol. The van der Waals surface area contributed by atoms with E-state index in [4.69, 9.17) is 10.00 Å². The van der Waals surface area contributed by atoms with Crippen molar-refractivity contribution in [2.45, 2.75) is 6.42 Å². The van der Waals surface area contributed by atoms with Gasteiger partial charge in [-0.2, -0.15) is 5.26 Å². The normalized spacial score (nSPS) is 10.3. The molecule has 5 nitrogen and oxygen atoms in total. The Morgan fingerprint density at radius 2 is 2.00 bits per heavy atom. The zero-order valence-electron chi connectivity index (χ0n) is 13.1. The number of rotatable bonds is 6. The molecule has 0 radical (unpaired) electrons. The molecule has 0 aliphatic heterocycles. The number of benzene rings is 2. The van der Waals surface area contributed by atoms with E-state index in [1.54, 1.807) is 6.07 Å². The molecule has 3 rings (SSSR count). The van der Waals surface area contributed by atoms with Gasteiger partial charge in [-0.25, -0.2) is 0 Å². The molecule has 0 saturated heterocycles. The van der Waals surface area contributed by atoms with Crippen molar-refractivity contribution < 1.29 is 9.53 Å². The van der Waals surface area contributed by atoms with Crippen LogP contribution < -0.4 is 10.1 Å². The van der Waals surface area contributed by atoms with Crippen molar-refractivity contribution >= 4 is 16.8 Å². The zero-order chi connectivity index (χ0) is 16.8. The molecule has 1 aromatic heterocycles. The molecule has 0 atom stereocenters. The van der Waals surface area contributed by atoms with Crippen molar-refractivity contribution in [2.24, 2.45) is 0 Å². The van der Waals surface area contributed by atoms with Crippen LogP contribution in [0.3, 0.4) is 0 Å². The van der Waals surface area contributed by atoms with Crippen molar-refractivity contribution in [1.82, 2.24) is 10.3 Å². The molecule has 0 aliphatic rings. The van der Waals surface area contributed by atoms with E-state index in [0.717, 1.165) is 22.2 Å². The van der Waals surface area contributed by atoms with E-state index in [2.05, 4.69) is 16.4 Å². The first-order valence-corrected chi connectivity index (χ1v) is 7.71. The number of nitrogens with zero attached hydrogens (tertiary/aromatic N) is 1. The highest BCUT2D eigenvalue weighted by Gasteiger charge is 2.09. The second-order valence-corrected chi connectivity index (χ2v) is 5.33. The second-order valence-electron chi connectivity index (χ2n) is 5.33. The molecule has 0 spiro atoms. The maximum atomic E-state index is 12.3. The summed E-state index contributed by atoms with van der Waals surface area (Å²) in [5.41, 5.74) is 2.55. The number of carbonyl (C=O) groups excluding carboxylic acids is 1. The summed E-state index contributed by atoms with van der Waals surface area (Å²) in [6, 6.07) is 17.0. The number of aromatic nitrogens is 1. The smallest absolute Gasteiger partial charge is 0.252 e. The largest absolute Gasteiger partial charge is 0.492 e. The van der Waals surface area contributed by atoms with E-state index in [1.165, 1.54) is 0 Å². The van der Waals surface area contributed by atoms with Gasteiger partial charge in [0.2, 0.25) is 0 Å². The first-order chi connectivity index (χ1) is 11.8. The summed E-state index contributed by atoms with van der Waals surface area (Å²) >= 11 is 0. The van der Waals surface area contributed by atoms with Gasteiger partial charge in [0.15, 0.2) is 0 Å². The third-order valence-electron chi connectivity index (χ3n) is 3.70. The van der Waals surface area contributed by atoms with Crippen LogP contribution in [0.1, 0.15) is 15.9 Å². The molecule has 1 amide bonds. The van der Waals surface area contributed by atoms with Gasteiger partial charge in [0, 0.05) is 22.7 Å². The van der Waals surface area contributed by atoms with E-state index in [1.807, 2.05) is 48.7 Å². The molecular formula is C19H17N3O2. The van der Waals surface area contributed by atoms with E-state index in [9.17, 15) is 4.79 Å². The lowest BCUT2D eigenvalue weighted by Gasteiger charge is -2.09. The number of nitriles is 1. The van der Waals surface area contributed by atoms with Gasteiger partial charge in [-0.05, 0) is 35.9 Å². The Labute approximate surface area is 139 Å². The predicted octanol–water partition coefficient (Wildman–Crippen LogP) is 3.04. The minimum absolute atomic E-state index is 0.117. The molecule has 5 heteroatoms. The monoisotopic (exact) mass is 319 g/mol. The van der Waals surface area contributed by atoms with Crippen LogP contribution in [0.2, 0.25) is 0 Å². The topological polar surface area (TPSA) is 77.9 Å². The summed E-state index contributed by atoms with van der Waals surface area (Å²) in [6.07, 6.45) is 2.21. The molecule has 24 heavy (non-hydrogen) atoms. The Morgan fingerprint density at radius 1 is 1.17 bits per heavy atom. The summed E-state index contributed by atoms with van der Waals surface area (Å²) in [7, 11) is 0. The van der Waals surface area contributed by atoms with Crippen molar-refractivity contribution in [3.05, 3.63) is 65.9 Å². The van der Waals surface area contributed by atoms with Crippen LogP contribution in [0.15, 0.2) is 54.7 Å². The van der Waals surface area contributed by atoms with Gasteiger partial charge in [0.25, 0.3) is 5.91 Å². The van der Waals surface area contributed by atoms with E-state index in [-0.39, 0.29) is 5.91 Å². The molecule has 0 unspecified atom stereocenters. The number of carbonyl (C=O) groups is 1. The van der Waals surface area contributed by atoms with Crippen LogP contribution in [0, 0.1) is 11.3 Å². The van der Waals surface area contributed by atoms with Crippen LogP contribution in [0.25, 0.3) is 10.9 Å². The van der Waals surface area contributed by atoms with Crippen molar-refractivity contribution in [1.29, 1.82) is 5.26 Å². The molecule has 120 valence electrons. The Morgan fingerprint density at radius 3 is 2.79 bits per heavy atom. The fraction of sp³-hybridized carbons (Fsp3) is 0.158. The summed E-state index contributed by atoms with van der Waals surface area (Å²) < 4.78 is 5.59. The van der Waals surface area contributed by atoms with E-state index >= 15 is 0 Å².